The fourth-order valence-corrected chi connectivity index (χ4v) is 2.96. The minimum atomic E-state index is -0.148. The van der Waals surface area contributed by atoms with Crippen molar-refractivity contribution in [1.29, 1.82) is 0 Å². The summed E-state index contributed by atoms with van der Waals surface area (Å²) in [6, 6.07) is 11.1. The van der Waals surface area contributed by atoms with Crippen molar-refractivity contribution in [3.05, 3.63) is 54.2 Å². The van der Waals surface area contributed by atoms with Gasteiger partial charge in [0, 0.05) is 23.1 Å². The third-order valence-corrected chi connectivity index (χ3v) is 4.20. The van der Waals surface area contributed by atoms with Crippen LogP contribution in [-0.4, -0.2) is 18.3 Å². The zero-order valence-electron chi connectivity index (χ0n) is 11.6. The first-order chi connectivity index (χ1) is 9.79. The van der Waals surface area contributed by atoms with Crippen molar-refractivity contribution in [1.82, 2.24) is 5.32 Å². The zero-order chi connectivity index (χ0) is 14.2. The second-order valence-corrected chi connectivity index (χ2v) is 5.74. The molecule has 2 nitrogen and oxygen atoms in total. The molecule has 0 spiro atoms. The third kappa shape index (κ3) is 4.69. The average molecular weight is 293 g/mol. The molecular formula is C16H20FNOS. The maximum absolute atomic E-state index is 13.6. The first kappa shape index (κ1) is 15.1. The van der Waals surface area contributed by atoms with Crippen LogP contribution in [0.3, 0.4) is 0 Å². The summed E-state index contributed by atoms with van der Waals surface area (Å²) in [6.45, 7) is 3.10. The topological polar surface area (TPSA) is 25.2 Å². The summed E-state index contributed by atoms with van der Waals surface area (Å²) in [5, 5.41) is 3.49. The number of furan rings is 1. The summed E-state index contributed by atoms with van der Waals surface area (Å²) in [4.78, 5) is 0.704. The molecule has 1 unspecified atom stereocenters. The van der Waals surface area contributed by atoms with Crippen molar-refractivity contribution < 1.29 is 8.81 Å². The van der Waals surface area contributed by atoms with Crippen molar-refractivity contribution in [3.8, 4) is 0 Å². The Morgan fingerprint density at radius 1 is 1.25 bits per heavy atom. The molecule has 0 fully saturated rings. The quantitative estimate of drug-likeness (QED) is 0.741. The van der Waals surface area contributed by atoms with E-state index in [-0.39, 0.29) is 11.9 Å². The molecule has 0 saturated carbocycles. The lowest BCUT2D eigenvalue weighted by atomic mass is 10.2. The fourth-order valence-electron chi connectivity index (χ4n) is 1.96. The number of hydrogen-bond acceptors (Lipinski definition) is 3. The fraction of sp³-hybridized carbons (Fsp3) is 0.375. The Bertz CT molecular complexity index is 501. The summed E-state index contributed by atoms with van der Waals surface area (Å²) >= 11 is 1.55. The van der Waals surface area contributed by atoms with Gasteiger partial charge in [0.1, 0.15) is 11.6 Å². The Morgan fingerprint density at radius 2 is 2.10 bits per heavy atom. The van der Waals surface area contributed by atoms with Crippen LogP contribution in [0.25, 0.3) is 0 Å². The normalized spacial score (nSPS) is 12.5. The highest BCUT2D eigenvalue weighted by atomic mass is 32.2. The molecule has 0 aliphatic heterocycles. The first-order valence-corrected chi connectivity index (χ1v) is 7.91. The SMILES string of the molecule is CCCNC(CSc1ccccc1F)Cc1ccco1. The summed E-state index contributed by atoms with van der Waals surface area (Å²) in [6.07, 6.45) is 3.60. The van der Waals surface area contributed by atoms with E-state index >= 15 is 0 Å². The van der Waals surface area contributed by atoms with E-state index in [2.05, 4.69) is 12.2 Å². The maximum atomic E-state index is 13.6. The molecule has 0 aliphatic rings. The van der Waals surface area contributed by atoms with Crippen molar-refractivity contribution >= 4 is 11.8 Å². The highest BCUT2D eigenvalue weighted by Gasteiger charge is 2.12. The lowest BCUT2D eigenvalue weighted by molar-refractivity contribution is 0.460. The van der Waals surface area contributed by atoms with Gasteiger partial charge in [0.25, 0.3) is 0 Å². The van der Waals surface area contributed by atoms with E-state index < -0.39 is 0 Å². The standard InChI is InChI=1S/C16H20FNOS/c1-2-9-18-13(11-14-6-5-10-19-14)12-20-16-8-4-3-7-15(16)17/h3-8,10,13,18H,2,9,11-12H2,1H3. The first-order valence-electron chi connectivity index (χ1n) is 6.92. The Hall–Kier alpha value is -1.26. The summed E-state index contributed by atoms with van der Waals surface area (Å²) < 4.78 is 19.0. The van der Waals surface area contributed by atoms with Gasteiger partial charge in [0.15, 0.2) is 0 Å². The molecule has 108 valence electrons. The van der Waals surface area contributed by atoms with Gasteiger partial charge in [0.05, 0.1) is 6.26 Å². The van der Waals surface area contributed by atoms with Crippen LogP contribution in [0.5, 0.6) is 0 Å². The lowest BCUT2D eigenvalue weighted by Crippen LogP contribution is -2.33. The minimum Gasteiger partial charge on any atom is -0.469 e. The van der Waals surface area contributed by atoms with Crippen molar-refractivity contribution in [3.63, 3.8) is 0 Å². The van der Waals surface area contributed by atoms with Gasteiger partial charge >= 0.3 is 0 Å². The van der Waals surface area contributed by atoms with Crippen LogP contribution in [-0.2, 0) is 6.42 Å². The molecule has 4 heteroatoms. The van der Waals surface area contributed by atoms with Crippen LogP contribution in [0.1, 0.15) is 19.1 Å². The predicted octanol–water partition coefficient (Wildman–Crippen LogP) is 4.12. The zero-order valence-corrected chi connectivity index (χ0v) is 12.5. The Kier molecular flexibility index (Phi) is 6.15. The maximum Gasteiger partial charge on any atom is 0.136 e. The van der Waals surface area contributed by atoms with Gasteiger partial charge in [-0.25, -0.2) is 4.39 Å². The Balaban J connectivity index is 1.91. The van der Waals surface area contributed by atoms with Crippen molar-refractivity contribution in [2.24, 2.45) is 0 Å². The molecule has 0 radical (unpaired) electrons. The van der Waals surface area contributed by atoms with Crippen molar-refractivity contribution in [2.45, 2.75) is 30.7 Å². The number of nitrogens with one attached hydrogen (secondary N) is 1. The van der Waals surface area contributed by atoms with E-state index in [1.807, 2.05) is 24.3 Å². The van der Waals surface area contributed by atoms with Gasteiger partial charge < -0.3 is 9.73 Å². The molecule has 2 rings (SSSR count). The molecule has 1 heterocycles. The van der Waals surface area contributed by atoms with Crippen LogP contribution in [0.2, 0.25) is 0 Å². The van der Waals surface area contributed by atoms with Gasteiger partial charge in [0.2, 0.25) is 0 Å². The smallest absolute Gasteiger partial charge is 0.136 e. The van der Waals surface area contributed by atoms with Crippen LogP contribution >= 0.6 is 11.8 Å². The molecule has 1 aromatic carbocycles. The summed E-state index contributed by atoms with van der Waals surface area (Å²) in [7, 11) is 0. The molecule has 20 heavy (non-hydrogen) atoms. The van der Waals surface area contributed by atoms with E-state index in [0.717, 1.165) is 30.9 Å². The molecule has 1 aromatic heterocycles. The number of benzene rings is 1. The van der Waals surface area contributed by atoms with E-state index in [4.69, 9.17) is 4.42 Å². The van der Waals surface area contributed by atoms with Crippen LogP contribution in [0.15, 0.2) is 52.0 Å². The molecule has 0 aliphatic carbocycles. The molecular weight excluding hydrogens is 273 g/mol. The second kappa shape index (κ2) is 8.12. The molecule has 2 aromatic rings. The van der Waals surface area contributed by atoms with Crippen LogP contribution in [0.4, 0.5) is 4.39 Å². The van der Waals surface area contributed by atoms with Crippen molar-refractivity contribution in [2.75, 3.05) is 12.3 Å². The van der Waals surface area contributed by atoms with E-state index in [0.29, 0.717) is 4.90 Å². The number of halogens is 1. The van der Waals surface area contributed by atoms with E-state index in [9.17, 15) is 4.39 Å². The molecule has 0 bridgehead atoms. The van der Waals surface area contributed by atoms with E-state index in [1.165, 1.54) is 6.07 Å². The monoisotopic (exact) mass is 293 g/mol. The summed E-state index contributed by atoms with van der Waals surface area (Å²) in [5.41, 5.74) is 0. The highest BCUT2D eigenvalue weighted by molar-refractivity contribution is 7.99. The third-order valence-electron chi connectivity index (χ3n) is 2.99. The minimum absolute atomic E-state index is 0.148. The molecule has 1 atom stereocenters. The highest BCUT2D eigenvalue weighted by Crippen LogP contribution is 2.22. The Labute approximate surface area is 123 Å². The second-order valence-electron chi connectivity index (χ2n) is 4.68. The van der Waals surface area contributed by atoms with Gasteiger partial charge in [-0.05, 0) is 37.2 Å². The predicted molar refractivity (Wildman–Crippen MR) is 81.6 cm³/mol. The van der Waals surface area contributed by atoms with Gasteiger partial charge in [-0.2, -0.15) is 0 Å². The lowest BCUT2D eigenvalue weighted by Gasteiger charge is -2.17. The largest absolute Gasteiger partial charge is 0.469 e. The summed E-state index contributed by atoms with van der Waals surface area (Å²) in [5.74, 6) is 1.64. The number of hydrogen-bond donors (Lipinski definition) is 1. The Morgan fingerprint density at radius 3 is 2.80 bits per heavy atom. The van der Waals surface area contributed by atoms with E-state index in [1.54, 1.807) is 24.1 Å². The van der Waals surface area contributed by atoms with Gasteiger partial charge in [-0.3, -0.25) is 0 Å². The molecule has 0 amide bonds. The van der Waals surface area contributed by atoms with Gasteiger partial charge in [-0.1, -0.05) is 19.1 Å². The average Bonchev–Trinajstić information content (AvgIpc) is 2.96. The number of rotatable bonds is 8. The number of thioether (sulfide) groups is 1. The molecule has 1 N–H and O–H groups in total. The van der Waals surface area contributed by atoms with Gasteiger partial charge in [-0.15, -0.1) is 11.8 Å². The molecule has 0 saturated heterocycles. The van der Waals surface area contributed by atoms with Crippen LogP contribution in [0, 0.1) is 5.82 Å². The van der Waals surface area contributed by atoms with Crippen LogP contribution < -0.4 is 5.32 Å².